The summed E-state index contributed by atoms with van der Waals surface area (Å²) >= 11 is 1.40. The van der Waals surface area contributed by atoms with Crippen LogP contribution >= 0.6 is 11.8 Å². The van der Waals surface area contributed by atoms with E-state index in [-0.39, 0.29) is 17.5 Å². The third kappa shape index (κ3) is 10.4. The quantitative estimate of drug-likeness (QED) is 0.274. The zero-order valence-electron chi connectivity index (χ0n) is 12.9. The molecule has 11 heteroatoms. The van der Waals surface area contributed by atoms with E-state index in [1.807, 2.05) is 13.8 Å². The molecule has 10 nitrogen and oxygen atoms in total. The van der Waals surface area contributed by atoms with Crippen LogP contribution in [0.1, 0.15) is 13.8 Å². The molecule has 0 fully saturated rings. The highest BCUT2D eigenvalue weighted by Gasteiger charge is 2.22. The lowest BCUT2D eigenvalue weighted by Gasteiger charge is -2.19. The van der Waals surface area contributed by atoms with Crippen LogP contribution in [-0.2, 0) is 14.4 Å². The maximum atomic E-state index is 11.9. The van der Waals surface area contributed by atoms with Crippen LogP contribution in [0.25, 0.3) is 0 Å². The normalized spacial score (nSPS) is 13.0. The van der Waals surface area contributed by atoms with E-state index in [1.165, 1.54) is 11.8 Å². The van der Waals surface area contributed by atoms with Gasteiger partial charge in [0.2, 0.25) is 5.91 Å². The molecule has 0 heterocycles. The maximum Gasteiger partial charge on any atom is 0.322 e. The number of carbonyl (C=O) groups is 4. The van der Waals surface area contributed by atoms with Crippen molar-refractivity contribution < 1.29 is 29.4 Å². The lowest BCUT2D eigenvalue weighted by molar-refractivity contribution is -0.138. The molecule has 0 aromatic rings. The van der Waals surface area contributed by atoms with Gasteiger partial charge in [-0.1, -0.05) is 13.8 Å². The molecule has 0 radical (unpaired) electrons. The summed E-state index contributed by atoms with van der Waals surface area (Å²) < 4.78 is 0. The molecule has 0 saturated carbocycles. The van der Waals surface area contributed by atoms with Gasteiger partial charge in [-0.25, -0.2) is 4.79 Å². The summed E-state index contributed by atoms with van der Waals surface area (Å²) in [5, 5.41) is 24.2. The number of carboxylic acids is 2. The average Bonchev–Trinajstić information content (AvgIpc) is 2.45. The standard InChI is InChI=1S/C12H22N4O6S/c1-6(2)23-5-8(10(19)14-4-9(17)18)16-12(22)15-3-7(13)11(20)21/h6-8H,3-5,13H2,1-2H3,(H,14,19)(H,17,18)(H,20,21)(H2,15,16,22)/t7-,8-/m0/s1. The van der Waals surface area contributed by atoms with Gasteiger partial charge >= 0.3 is 18.0 Å². The first kappa shape index (κ1) is 21.0. The van der Waals surface area contributed by atoms with E-state index < -0.39 is 42.5 Å². The molecule has 2 atom stereocenters. The molecule has 3 amide bonds. The fraction of sp³-hybridized carbons (Fsp3) is 0.667. The monoisotopic (exact) mass is 350 g/mol. The fourth-order valence-electron chi connectivity index (χ4n) is 1.26. The molecule has 0 aliphatic heterocycles. The van der Waals surface area contributed by atoms with Crippen LogP contribution in [0.4, 0.5) is 4.79 Å². The number of amides is 3. The molecule has 0 rings (SSSR count). The van der Waals surface area contributed by atoms with E-state index in [4.69, 9.17) is 15.9 Å². The van der Waals surface area contributed by atoms with Gasteiger partial charge in [0, 0.05) is 12.3 Å². The number of rotatable bonds is 10. The zero-order valence-corrected chi connectivity index (χ0v) is 13.7. The highest BCUT2D eigenvalue weighted by molar-refractivity contribution is 7.99. The van der Waals surface area contributed by atoms with Crippen LogP contribution in [0.3, 0.4) is 0 Å². The molecule has 0 spiro atoms. The first-order chi connectivity index (χ1) is 10.6. The number of urea groups is 1. The van der Waals surface area contributed by atoms with Gasteiger partial charge in [-0.3, -0.25) is 14.4 Å². The van der Waals surface area contributed by atoms with E-state index in [0.717, 1.165) is 0 Å². The van der Waals surface area contributed by atoms with Crippen LogP contribution in [0.5, 0.6) is 0 Å². The van der Waals surface area contributed by atoms with Gasteiger partial charge < -0.3 is 31.9 Å². The van der Waals surface area contributed by atoms with Gasteiger partial charge in [-0.05, 0) is 5.25 Å². The predicted molar refractivity (Wildman–Crippen MR) is 84.2 cm³/mol. The molecule has 132 valence electrons. The number of carbonyl (C=O) groups excluding carboxylic acids is 2. The van der Waals surface area contributed by atoms with Crippen molar-refractivity contribution >= 4 is 35.6 Å². The Kier molecular flexibility index (Phi) is 9.74. The Morgan fingerprint density at radius 1 is 1.13 bits per heavy atom. The Morgan fingerprint density at radius 3 is 2.22 bits per heavy atom. The molecule has 0 saturated heterocycles. The Labute approximate surface area is 137 Å². The van der Waals surface area contributed by atoms with Crippen molar-refractivity contribution in [2.24, 2.45) is 5.73 Å². The highest BCUT2D eigenvalue weighted by Crippen LogP contribution is 2.10. The van der Waals surface area contributed by atoms with Crippen molar-refractivity contribution in [2.75, 3.05) is 18.8 Å². The second kappa shape index (κ2) is 10.7. The molecule has 0 bridgehead atoms. The SMILES string of the molecule is CC(C)SC[C@H](NC(=O)NC[C@H](N)C(=O)O)C(=O)NCC(=O)O. The first-order valence-electron chi connectivity index (χ1n) is 6.77. The summed E-state index contributed by atoms with van der Waals surface area (Å²) in [5.41, 5.74) is 5.24. The van der Waals surface area contributed by atoms with Crippen molar-refractivity contribution in [1.82, 2.24) is 16.0 Å². The van der Waals surface area contributed by atoms with Crippen LogP contribution in [0.2, 0.25) is 0 Å². The molecule has 0 aromatic heterocycles. The third-order valence-corrected chi connectivity index (χ3v) is 3.62. The van der Waals surface area contributed by atoms with E-state index in [9.17, 15) is 19.2 Å². The van der Waals surface area contributed by atoms with Gasteiger partial charge in [-0.2, -0.15) is 11.8 Å². The lowest BCUT2D eigenvalue weighted by atomic mass is 10.3. The first-order valence-corrected chi connectivity index (χ1v) is 7.82. The number of nitrogens with one attached hydrogen (secondary N) is 3. The van der Waals surface area contributed by atoms with Crippen molar-refractivity contribution in [1.29, 1.82) is 0 Å². The largest absolute Gasteiger partial charge is 0.480 e. The summed E-state index contributed by atoms with van der Waals surface area (Å²) in [5.74, 6) is -2.87. The van der Waals surface area contributed by atoms with Crippen molar-refractivity contribution in [3.63, 3.8) is 0 Å². The average molecular weight is 350 g/mol. The third-order valence-electron chi connectivity index (χ3n) is 2.43. The molecular weight excluding hydrogens is 328 g/mol. The Hall–Kier alpha value is -2.01. The van der Waals surface area contributed by atoms with Crippen molar-refractivity contribution in [3.05, 3.63) is 0 Å². The van der Waals surface area contributed by atoms with Gasteiger partial charge in [0.15, 0.2) is 0 Å². The molecular formula is C12H22N4O6S. The summed E-state index contributed by atoms with van der Waals surface area (Å²) in [6.45, 7) is 2.95. The Balaban J connectivity index is 4.54. The van der Waals surface area contributed by atoms with Crippen LogP contribution < -0.4 is 21.7 Å². The van der Waals surface area contributed by atoms with Crippen molar-refractivity contribution in [2.45, 2.75) is 31.2 Å². The van der Waals surface area contributed by atoms with E-state index >= 15 is 0 Å². The second-order valence-electron chi connectivity index (χ2n) is 4.85. The number of carboxylic acid groups (broad SMARTS) is 2. The van der Waals surface area contributed by atoms with Gasteiger partial charge in [0.25, 0.3) is 0 Å². The van der Waals surface area contributed by atoms with E-state index in [1.54, 1.807) is 0 Å². The number of hydrogen-bond acceptors (Lipinski definition) is 6. The minimum absolute atomic E-state index is 0.204. The number of hydrogen-bond donors (Lipinski definition) is 6. The molecule has 0 aliphatic rings. The summed E-state index contributed by atoms with van der Waals surface area (Å²) in [6.07, 6.45) is 0. The number of thioether (sulfide) groups is 1. The Morgan fingerprint density at radius 2 is 1.74 bits per heavy atom. The van der Waals surface area contributed by atoms with Crippen LogP contribution in [0.15, 0.2) is 0 Å². The summed E-state index contributed by atoms with van der Waals surface area (Å²) in [7, 11) is 0. The topological polar surface area (TPSA) is 171 Å². The number of aliphatic carboxylic acids is 2. The second-order valence-corrected chi connectivity index (χ2v) is 6.45. The summed E-state index contributed by atoms with van der Waals surface area (Å²) in [4.78, 5) is 44.6. The van der Waals surface area contributed by atoms with Gasteiger partial charge in [0.05, 0.1) is 0 Å². The highest BCUT2D eigenvalue weighted by atomic mass is 32.2. The molecule has 0 aliphatic carbocycles. The lowest BCUT2D eigenvalue weighted by Crippen LogP contribution is -2.54. The van der Waals surface area contributed by atoms with Crippen LogP contribution in [-0.4, -0.2) is 70.3 Å². The fourth-order valence-corrected chi connectivity index (χ4v) is 2.07. The van der Waals surface area contributed by atoms with E-state index in [2.05, 4.69) is 16.0 Å². The molecule has 23 heavy (non-hydrogen) atoms. The predicted octanol–water partition coefficient (Wildman–Crippen LogP) is -1.59. The Bertz CT molecular complexity index is 445. The molecule has 0 aromatic carbocycles. The molecule has 7 N–H and O–H groups in total. The van der Waals surface area contributed by atoms with E-state index in [0.29, 0.717) is 0 Å². The minimum Gasteiger partial charge on any atom is -0.480 e. The van der Waals surface area contributed by atoms with Crippen molar-refractivity contribution in [3.8, 4) is 0 Å². The van der Waals surface area contributed by atoms with Gasteiger partial charge in [-0.15, -0.1) is 0 Å². The maximum absolute atomic E-state index is 11.9. The van der Waals surface area contributed by atoms with Crippen LogP contribution in [0, 0.1) is 0 Å². The summed E-state index contributed by atoms with van der Waals surface area (Å²) in [6, 6.07) is -2.98. The minimum atomic E-state index is -1.27. The molecule has 0 unspecified atom stereocenters. The number of nitrogens with two attached hydrogens (primary N) is 1. The smallest absolute Gasteiger partial charge is 0.322 e. The zero-order chi connectivity index (χ0) is 18.0. The van der Waals surface area contributed by atoms with Gasteiger partial charge in [0.1, 0.15) is 18.6 Å².